The molecule has 4 aromatic rings. The molecule has 0 radical (unpaired) electrons. The van der Waals surface area contributed by atoms with Crippen LogP contribution in [0, 0.1) is 47.3 Å². The Kier molecular flexibility index (Phi) is 17.5. The third-order valence-corrected chi connectivity index (χ3v) is 19.2. The van der Waals surface area contributed by atoms with Crippen molar-refractivity contribution in [3.05, 3.63) is 142 Å². The van der Waals surface area contributed by atoms with Crippen LogP contribution in [0.25, 0.3) is 0 Å². The Morgan fingerprint density at radius 1 is 0.524 bits per heavy atom. The molecule has 16 atom stereocenters. The Morgan fingerprint density at radius 2 is 0.917 bits per heavy atom. The minimum absolute atomic E-state index is 0.0893. The zero-order chi connectivity index (χ0) is 59.0. The number of carbonyl (C=O) groups is 4. The summed E-state index contributed by atoms with van der Waals surface area (Å²) in [5.74, 6) is -0.120. The molecule has 2 saturated carbocycles. The van der Waals surface area contributed by atoms with Crippen molar-refractivity contribution in [3.8, 4) is 0 Å². The summed E-state index contributed by atoms with van der Waals surface area (Å²) >= 11 is 0. The van der Waals surface area contributed by atoms with Crippen molar-refractivity contribution >= 4 is 35.9 Å². The van der Waals surface area contributed by atoms with Crippen LogP contribution in [0.1, 0.15) is 170 Å². The molecule has 3 amide bonds. The summed E-state index contributed by atoms with van der Waals surface area (Å²) in [6, 6.07) is 28.5. The quantitative estimate of drug-likeness (QED) is 0.0436. The van der Waals surface area contributed by atoms with Gasteiger partial charge >= 0.3 is 0 Å². The van der Waals surface area contributed by atoms with Crippen molar-refractivity contribution in [2.24, 2.45) is 57.5 Å². The highest BCUT2D eigenvalue weighted by atomic mass is 17.3. The van der Waals surface area contributed by atoms with Gasteiger partial charge in [-0.1, -0.05) is 95.3 Å². The Morgan fingerprint density at radius 3 is 1.32 bits per heavy atom. The predicted molar refractivity (Wildman–Crippen MR) is 307 cm³/mol. The second-order valence-corrected chi connectivity index (χ2v) is 24.6. The number of rotatable bonds is 15. The highest BCUT2D eigenvalue weighted by Gasteiger charge is 2.71. The molecular weight excluding hydrogens is 1070 g/mol. The van der Waals surface area contributed by atoms with Gasteiger partial charge in [0, 0.05) is 72.2 Å². The maximum atomic E-state index is 12.6. The van der Waals surface area contributed by atoms with Gasteiger partial charge in [-0.05, 0) is 135 Å². The molecular formula is C65H79N5O14. The number of nitrogens with zero attached hydrogens (tertiary/aromatic N) is 2. The SMILES string of the molecule is CCC(=O)c1ccc(/C=N\NC(=O)c2ccc(COC3OC4O[C@]5(C)CCC6[C@H](C)CCC([C@H]3C)[C@@]46OO5)cc2)cc1.CNC(=O)c1ccc(/C=N\NC(=O)c2ccc(COC3OC4O[C@]5(C)CCC6[C@H](C)CCC([C@H]3C)[C@@]46OO5)cc2)cc1. The Bertz CT molecular complexity index is 2870. The van der Waals surface area contributed by atoms with E-state index in [4.69, 9.17) is 48.0 Å². The van der Waals surface area contributed by atoms with Crippen molar-refractivity contribution in [1.82, 2.24) is 16.2 Å². The first-order chi connectivity index (χ1) is 40.4. The molecule has 3 N–H and O–H groups in total. The van der Waals surface area contributed by atoms with E-state index in [0.29, 0.717) is 65.6 Å². The predicted octanol–water partition coefficient (Wildman–Crippen LogP) is 10.3. The fourth-order valence-electron chi connectivity index (χ4n) is 14.3. The molecule has 4 aromatic carbocycles. The first-order valence-electron chi connectivity index (χ1n) is 29.9. The molecule has 14 rings (SSSR count). The smallest absolute Gasteiger partial charge is 0.271 e. The van der Waals surface area contributed by atoms with E-state index in [9.17, 15) is 19.2 Å². The van der Waals surface area contributed by atoms with Crippen molar-refractivity contribution in [2.75, 3.05) is 7.05 Å². The van der Waals surface area contributed by atoms with Crippen LogP contribution in [0.3, 0.4) is 0 Å². The second kappa shape index (κ2) is 24.7. The number of ether oxygens (including phenoxy) is 6. The zero-order valence-electron chi connectivity index (χ0n) is 49.2. The Balaban J connectivity index is 0.000000175. The van der Waals surface area contributed by atoms with Crippen LogP contribution in [0.4, 0.5) is 0 Å². The molecule has 84 heavy (non-hydrogen) atoms. The van der Waals surface area contributed by atoms with Gasteiger partial charge in [-0.2, -0.15) is 10.2 Å². The van der Waals surface area contributed by atoms with Gasteiger partial charge in [-0.3, -0.25) is 19.2 Å². The van der Waals surface area contributed by atoms with Gasteiger partial charge < -0.3 is 33.7 Å². The lowest BCUT2D eigenvalue weighted by Gasteiger charge is -2.60. The number of hydrogen-bond acceptors (Lipinski definition) is 16. The van der Waals surface area contributed by atoms with Gasteiger partial charge in [0.1, 0.15) is 0 Å². The van der Waals surface area contributed by atoms with E-state index in [1.165, 1.54) is 6.21 Å². The number of fused-ring (bicyclic) bond motifs is 4. The summed E-state index contributed by atoms with van der Waals surface area (Å²) in [6.45, 7) is 15.3. The van der Waals surface area contributed by atoms with E-state index >= 15 is 0 Å². The monoisotopic (exact) mass is 1150 g/mol. The minimum atomic E-state index is -0.819. The van der Waals surface area contributed by atoms with E-state index in [1.54, 1.807) is 86.1 Å². The molecule has 0 aromatic heterocycles. The minimum Gasteiger partial charge on any atom is -0.355 e. The summed E-state index contributed by atoms with van der Waals surface area (Å²) in [4.78, 5) is 72.8. The van der Waals surface area contributed by atoms with Crippen LogP contribution in [0.2, 0.25) is 0 Å². The molecule has 8 aliphatic heterocycles. The number of amides is 3. The van der Waals surface area contributed by atoms with Crippen molar-refractivity contribution in [3.63, 3.8) is 0 Å². The number of benzene rings is 4. The lowest BCUT2D eigenvalue weighted by molar-refractivity contribution is -0.577. The van der Waals surface area contributed by atoms with Crippen molar-refractivity contribution < 1.29 is 67.1 Å². The summed E-state index contributed by atoms with van der Waals surface area (Å²) in [5.41, 5.74) is 9.45. The third-order valence-electron chi connectivity index (χ3n) is 19.2. The van der Waals surface area contributed by atoms with Gasteiger partial charge in [-0.25, -0.2) is 30.4 Å². The Hall–Kier alpha value is -6.10. The number of ketones is 1. The lowest BCUT2D eigenvalue weighted by Crippen LogP contribution is -2.70. The summed E-state index contributed by atoms with van der Waals surface area (Å²) in [6.07, 6.45) is 9.38. The summed E-state index contributed by atoms with van der Waals surface area (Å²) in [5, 5.41) is 10.7. The molecule has 4 bridgehead atoms. The lowest BCUT2D eigenvalue weighted by atomic mass is 9.58. The number of hydrogen-bond donors (Lipinski definition) is 3. The first-order valence-corrected chi connectivity index (χ1v) is 29.9. The number of hydrazone groups is 2. The van der Waals surface area contributed by atoms with E-state index < -0.39 is 47.9 Å². The molecule has 10 aliphatic rings. The average molecular weight is 1150 g/mol. The van der Waals surface area contributed by atoms with Crippen LogP contribution in [-0.4, -0.2) is 90.9 Å². The zero-order valence-corrected chi connectivity index (χ0v) is 49.2. The van der Waals surface area contributed by atoms with Gasteiger partial charge in [0.05, 0.1) is 25.6 Å². The summed E-state index contributed by atoms with van der Waals surface area (Å²) < 4.78 is 38.5. The Labute approximate surface area is 491 Å². The highest BCUT2D eigenvalue weighted by Crippen LogP contribution is 2.62. The maximum absolute atomic E-state index is 12.6. The van der Waals surface area contributed by atoms with E-state index in [-0.39, 0.29) is 47.2 Å². The molecule has 19 heteroatoms. The van der Waals surface area contributed by atoms with Gasteiger partial charge in [0.2, 0.25) is 11.6 Å². The van der Waals surface area contributed by atoms with E-state index in [0.717, 1.165) is 73.6 Å². The van der Waals surface area contributed by atoms with E-state index in [1.807, 2.05) is 45.0 Å². The molecule has 2 aliphatic carbocycles. The normalized spacial score (nSPS) is 35.4. The molecule has 448 valence electrons. The van der Waals surface area contributed by atoms with Gasteiger partial charge in [-0.15, -0.1) is 0 Å². The van der Waals surface area contributed by atoms with Crippen LogP contribution in [0.15, 0.2) is 107 Å². The third kappa shape index (κ3) is 11.8. The average Bonchev–Trinajstić information content (AvgIpc) is 1.44. The molecule has 8 unspecified atom stereocenters. The first kappa shape index (κ1) is 59.6. The number of carbonyl (C=O) groups excluding carboxylic acids is 4. The van der Waals surface area contributed by atoms with Crippen molar-refractivity contribution in [2.45, 2.75) is 167 Å². The number of nitrogens with one attached hydrogen (secondary N) is 3. The van der Waals surface area contributed by atoms with E-state index in [2.05, 4.69) is 54.1 Å². The molecule has 8 heterocycles. The number of Topliss-reactive ketones (excluding diaryl/α,β-unsaturated/α-hetero) is 1. The largest absolute Gasteiger partial charge is 0.355 e. The molecule has 19 nitrogen and oxygen atoms in total. The van der Waals surface area contributed by atoms with Crippen LogP contribution >= 0.6 is 0 Å². The van der Waals surface area contributed by atoms with Gasteiger partial charge in [0.25, 0.3) is 17.7 Å². The topological polar surface area (TPSA) is 221 Å². The van der Waals surface area contributed by atoms with Crippen molar-refractivity contribution in [1.29, 1.82) is 0 Å². The fourth-order valence-corrected chi connectivity index (χ4v) is 14.3. The van der Waals surface area contributed by atoms with Gasteiger partial charge in [0.15, 0.2) is 42.1 Å². The maximum Gasteiger partial charge on any atom is 0.271 e. The molecule has 8 saturated heterocycles. The second-order valence-electron chi connectivity index (χ2n) is 24.6. The highest BCUT2D eigenvalue weighted by molar-refractivity contribution is 5.98. The standard InChI is InChI=1S/C33H40N2O7.C32H39N3O7/c1-5-28(36)24-11-7-22(8-12-24)18-34-35-29(37)25-13-9-23(10-14-25)19-38-30-21(3)27-15-6-20(2)26-16-17-32(4)40-31(39-30)33(26,27)42-41-32;1-19-5-14-26-20(2)29(39-30-32(26)25(19)15-16-31(3,40-30)41-42-32)38-18-22-8-12-24(13-9-22)28(37)35-34-17-21-6-10-23(11-7-21)27(36)33-4/h7-14,18,20-21,26-27,30-31H,5-6,15-17,19H2,1-4H3,(H,35,37);6-13,17,19-20,25-26,29-30H,5,14-16,18H2,1-4H3,(H,33,36)(H,35,37)/b34-18-;34-17-/t20-,21-,26?,27?,30?,31?,32+,33-;19-,20-,25?,26?,29?,30?,31+,32-/m11/s1. The van der Waals surface area contributed by atoms with Crippen LogP contribution < -0.4 is 16.2 Å². The molecule has 10 fully saturated rings. The molecule has 2 spiro atoms. The van der Waals surface area contributed by atoms with Crippen LogP contribution in [-0.2, 0) is 61.2 Å². The van der Waals surface area contributed by atoms with Crippen LogP contribution in [0.5, 0.6) is 0 Å². The fraction of sp³-hybridized carbons (Fsp3) is 0.538. The summed E-state index contributed by atoms with van der Waals surface area (Å²) in [7, 11) is 1.58.